The SMILES string of the molecule is O=C(O)Cc1cnc(CCN2CCOCC2)s1. The van der Waals surface area contributed by atoms with Gasteiger partial charge in [-0.3, -0.25) is 9.69 Å². The third-order valence-corrected chi connectivity index (χ3v) is 3.73. The molecule has 1 fully saturated rings. The fourth-order valence-corrected chi connectivity index (χ4v) is 2.68. The number of thiazole rings is 1. The van der Waals surface area contributed by atoms with Gasteiger partial charge in [-0.1, -0.05) is 0 Å². The first kappa shape index (κ1) is 12.5. The smallest absolute Gasteiger partial charge is 0.308 e. The minimum absolute atomic E-state index is 0.0786. The molecular formula is C11H16N2O3S. The molecule has 2 heterocycles. The molecule has 0 bridgehead atoms. The van der Waals surface area contributed by atoms with Gasteiger partial charge in [-0.25, -0.2) is 4.98 Å². The molecule has 17 heavy (non-hydrogen) atoms. The summed E-state index contributed by atoms with van der Waals surface area (Å²) in [6.45, 7) is 4.55. The number of carboxylic acid groups (broad SMARTS) is 1. The van der Waals surface area contributed by atoms with E-state index in [1.807, 2.05) is 0 Å². The molecular weight excluding hydrogens is 240 g/mol. The summed E-state index contributed by atoms with van der Waals surface area (Å²) in [6.07, 6.45) is 2.65. The molecule has 1 N–H and O–H groups in total. The first-order valence-corrected chi connectivity index (χ1v) is 6.51. The Labute approximate surface area is 104 Å². The molecule has 0 spiro atoms. The minimum Gasteiger partial charge on any atom is -0.481 e. The molecule has 6 heteroatoms. The number of ether oxygens (including phenoxy) is 1. The van der Waals surface area contributed by atoms with Crippen LogP contribution in [0.1, 0.15) is 9.88 Å². The average molecular weight is 256 g/mol. The maximum absolute atomic E-state index is 10.5. The van der Waals surface area contributed by atoms with E-state index < -0.39 is 5.97 Å². The van der Waals surface area contributed by atoms with Gasteiger partial charge in [0.1, 0.15) is 0 Å². The van der Waals surface area contributed by atoms with E-state index in [1.54, 1.807) is 6.20 Å². The number of hydrogen-bond acceptors (Lipinski definition) is 5. The predicted molar refractivity (Wildman–Crippen MR) is 64.4 cm³/mol. The van der Waals surface area contributed by atoms with Crippen LogP contribution in [0.25, 0.3) is 0 Å². The van der Waals surface area contributed by atoms with Crippen molar-refractivity contribution in [3.05, 3.63) is 16.1 Å². The lowest BCUT2D eigenvalue weighted by atomic mass is 10.3. The second-order valence-electron chi connectivity index (χ2n) is 3.99. The van der Waals surface area contributed by atoms with Crippen LogP contribution >= 0.6 is 11.3 Å². The molecule has 94 valence electrons. The number of nitrogens with zero attached hydrogens (tertiary/aromatic N) is 2. The molecule has 1 saturated heterocycles. The standard InChI is InChI=1S/C11H16N2O3S/c14-11(15)7-9-8-12-10(17-9)1-2-13-3-5-16-6-4-13/h8H,1-7H2,(H,14,15). The second kappa shape index (κ2) is 6.09. The maximum Gasteiger partial charge on any atom is 0.308 e. The Morgan fingerprint density at radius 2 is 2.29 bits per heavy atom. The van der Waals surface area contributed by atoms with Gasteiger partial charge in [-0.05, 0) is 0 Å². The third kappa shape index (κ3) is 4.07. The summed E-state index contributed by atoms with van der Waals surface area (Å²) in [5, 5.41) is 9.69. The largest absolute Gasteiger partial charge is 0.481 e. The van der Waals surface area contributed by atoms with Gasteiger partial charge in [0, 0.05) is 37.1 Å². The Morgan fingerprint density at radius 1 is 1.53 bits per heavy atom. The number of carbonyl (C=O) groups is 1. The van der Waals surface area contributed by atoms with E-state index in [9.17, 15) is 4.79 Å². The van der Waals surface area contributed by atoms with Crippen LogP contribution in [-0.4, -0.2) is 53.8 Å². The quantitative estimate of drug-likeness (QED) is 0.838. The summed E-state index contributed by atoms with van der Waals surface area (Å²) in [6, 6.07) is 0. The molecule has 0 amide bonds. The third-order valence-electron chi connectivity index (χ3n) is 2.67. The summed E-state index contributed by atoms with van der Waals surface area (Å²) < 4.78 is 5.28. The Kier molecular flexibility index (Phi) is 4.47. The highest BCUT2D eigenvalue weighted by Gasteiger charge is 2.11. The van der Waals surface area contributed by atoms with Crippen LogP contribution in [0, 0.1) is 0 Å². The molecule has 2 rings (SSSR count). The van der Waals surface area contributed by atoms with Gasteiger partial charge in [-0.2, -0.15) is 0 Å². The van der Waals surface area contributed by atoms with Crippen molar-refractivity contribution in [1.82, 2.24) is 9.88 Å². The van der Waals surface area contributed by atoms with Crippen molar-refractivity contribution in [2.45, 2.75) is 12.8 Å². The number of aromatic nitrogens is 1. The van der Waals surface area contributed by atoms with Crippen molar-refractivity contribution < 1.29 is 14.6 Å². The summed E-state index contributed by atoms with van der Waals surface area (Å²) in [5.41, 5.74) is 0. The van der Waals surface area contributed by atoms with Crippen LogP contribution in [0.2, 0.25) is 0 Å². The first-order chi connectivity index (χ1) is 8.24. The van der Waals surface area contributed by atoms with Crippen LogP contribution in [-0.2, 0) is 22.4 Å². The number of aliphatic carboxylic acids is 1. The van der Waals surface area contributed by atoms with Crippen LogP contribution in [0.4, 0.5) is 0 Å². The molecule has 1 aromatic rings. The normalized spacial score (nSPS) is 17.2. The van der Waals surface area contributed by atoms with Crippen molar-refractivity contribution in [1.29, 1.82) is 0 Å². The summed E-state index contributed by atoms with van der Waals surface area (Å²) in [4.78, 5) is 18.0. The van der Waals surface area contributed by atoms with Crippen molar-refractivity contribution in [3.63, 3.8) is 0 Å². The molecule has 0 saturated carbocycles. The van der Waals surface area contributed by atoms with Crippen molar-refractivity contribution in [3.8, 4) is 0 Å². The lowest BCUT2D eigenvalue weighted by molar-refractivity contribution is -0.136. The highest BCUT2D eigenvalue weighted by Crippen LogP contribution is 2.14. The van der Waals surface area contributed by atoms with E-state index in [1.165, 1.54) is 11.3 Å². The van der Waals surface area contributed by atoms with Crippen molar-refractivity contribution in [2.75, 3.05) is 32.8 Å². The van der Waals surface area contributed by atoms with Crippen LogP contribution in [0.15, 0.2) is 6.20 Å². The molecule has 0 radical (unpaired) electrons. The zero-order chi connectivity index (χ0) is 12.1. The van der Waals surface area contributed by atoms with Gasteiger partial charge in [0.05, 0.1) is 24.6 Å². The van der Waals surface area contributed by atoms with Gasteiger partial charge in [0.15, 0.2) is 0 Å². The number of carboxylic acids is 1. The number of morpholine rings is 1. The van der Waals surface area contributed by atoms with Crippen LogP contribution < -0.4 is 0 Å². The monoisotopic (exact) mass is 256 g/mol. The van der Waals surface area contributed by atoms with E-state index in [0.717, 1.165) is 49.2 Å². The topological polar surface area (TPSA) is 62.7 Å². The summed E-state index contributed by atoms with van der Waals surface area (Å²) >= 11 is 1.50. The molecule has 5 nitrogen and oxygen atoms in total. The zero-order valence-corrected chi connectivity index (χ0v) is 10.4. The van der Waals surface area contributed by atoms with Gasteiger partial charge < -0.3 is 9.84 Å². The Balaban J connectivity index is 1.78. The molecule has 1 aliphatic heterocycles. The van der Waals surface area contributed by atoms with Gasteiger partial charge in [0.2, 0.25) is 0 Å². The summed E-state index contributed by atoms with van der Waals surface area (Å²) in [7, 11) is 0. The Morgan fingerprint density at radius 3 is 3.00 bits per heavy atom. The van der Waals surface area contributed by atoms with Gasteiger partial charge in [0.25, 0.3) is 0 Å². The first-order valence-electron chi connectivity index (χ1n) is 5.69. The van der Waals surface area contributed by atoms with Gasteiger partial charge in [-0.15, -0.1) is 11.3 Å². The van der Waals surface area contributed by atoms with Crippen LogP contribution in [0.5, 0.6) is 0 Å². The number of rotatable bonds is 5. The van der Waals surface area contributed by atoms with E-state index in [2.05, 4.69) is 9.88 Å². The van der Waals surface area contributed by atoms with Crippen molar-refractivity contribution in [2.24, 2.45) is 0 Å². The summed E-state index contributed by atoms with van der Waals surface area (Å²) in [5.74, 6) is -0.798. The Hall–Kier alpha value is -0.980. The van der Waals surface area contributed by atoms with E-state index in [0.29, 0.717) is 0 Å². The number of hydrogen-bond donors (Lipinski definition) is 1. The minimum atomic E-state index is -0.798. The molecule has 0 aromatic carbocycles. The molecule has 1 aromatic heterocycles. The fraction of sp³-hybridized carbons (Fsp3) is 0.636. The lowest BCUT2D eigenvalue weighted by Crippen LogP contribution is -2.37. The molecule has 1 aliphatic rings. The van der Waals surface area contributed by atoms with Crippen molar-refractivity contribution >= 4 is 17.3 Å². The van der Waals surface area contributed by atoms with E-state index in [-0.39, 0.29) is 6.42 Å². The second-order valence-corrected chi connectivity index (χ2v) is 5.19. The average Bonchev–Trinajstić information content (AvgIpc) is 2.75. The predicted octanol–water partition coefficient (Wildman–Crippen LogP) is 0.645. The molecule has 0 atom stereocenters. The highest BCUT2D eigenvalue weighted by atomic mass is 32.1. The fourth-order valence-electron chi connectivity index (χ4n) is 1.77. The zero-order valence-electron chi connectivity index (χ0n) is 9.59. The molecule has 0 unspecified atom stereocenters. The lowest BCUT2D eigenvalue weighted by Gasteiger charge is -2.25. The van der Waals surface area contributed by atoms with Gasteiger partial charge >= 0.3 is 5.97 Å². The Bertz CT molecular complexity index is 375. The van der Waals surface area contributed by atoms with E-state index >= 15 is 0 Å². The van der Waals surface area contributed by atoms with Crippen LogP contribution in [0.3, 0.4) is 0 Å². The maximum atomic E-state index is 10.5. The van der Waals surface area contributed by atoms with E-state index in [4.69, 9.17) is 9.84 Å². The highest BCUT2D eigenvalue weighted by molar-refractivity contribution is 7.11. The molecule has 0 aliphatic carbocycles.